The molecule has 0 aliphatic carbocycles. The van der Waals surface area contributed by atoms with E-state index < -0.39 is 0 Å². The standard InChI is InChI=1S/C13H19NO3/c1-2-17-13(16)7-6-11(14)8-10-4-3-5-12(15)9-10/h3-5,9,11,15H,2,6-8,14H2,1H3. The second-order valence-corrected chi connectivity index (χ2v) is 3.98. The Labute approximate surface area is 101 Å². The molecule has 0 fully saturated rings. The number of carbonyl (C=O) groups is 1. The number of benzene rings is 1. The summed E-state index contributed by atoms with van der Waals surface area (Å²) in [6, 6.07) is 6.89. The second kappa shape index (κ2) is 6.91. The maximum Gasteiger partial charge on any atom is 0.305 e. The van der Waals surface area contributed by atoms with Gasteiger partial charge >= 0.3 is 5.97 Å². The van der Waals surface area contributed by atoms with Gasteiger partial charge in [0.25, 0.3) is 0 Å². The van der Waals surface area contributed by atoms with Crippen LogP contribution in [0.3, 0.4) is 0 Å². The lowest BCUT2D eigenvalue weighted by molar-refractivity contribution is -0.143. The lowest BCUT2D eigenvalue weighted by atomic mass is 10.0. The molecule has 1 rings (SSSR count). The summed E-state index contributed by atoms with van der Waals surface area (Å²) in [7, 11) is 0. The lowest BCUT2D eigenvalue weighted by Gasteiger charge is -2.11. The van der Waals surface area contributed by atoms with Gasteiger partial charge in [0, 0.05) is 12.5 Å². The Morgan fingerprint density at radius 3 is 2.94 bits per heavy atom. The highest BCUT2D eigenvalue weighted by atomic mass is 16.5. The van der Waals surface area contributed by atoms with Crippen molar-refractivity contribution < 1.29 is 14.6 Å². The number of phenols is 1. The van der Waals surface area contributed by atoms with Gasteiger partial charge in [0.1, 0.15) is 5.75 Å². The van der Waals surface area contributed by atoms with Crippen molar-refractivity contribution in [3.05, 3.63) is 29.8 Å². The third-order valence-corrected chi connectivity index (χ3v) is 2.43. The molecule has 0 heterocycles. The van der Waals surface area contributed by atoms with Crippen LogP contribution in [-0.2, 0) is 16.0 Å². The maximum absolute atomic E-state index is 11.1. The fourth-order valence-electron chi connectivity index (χ4n) is 1.62. The number of esters is 1. The van der Waals surface area contributed by atoms with E-state index in [9.17, 15) is 9.90 Å². The van der Waals surface area contributed by atoms with Crippen LogP contribution in [0.2, 0.25) is 0 Å². The first-order valence-electron chi connectivity index (χ1n) is 5.81. The molecule has 0 saturated carbocycles. The molecule has 0 aliphatic heterocycles. The summed E-state index contributed by atoms with van der Waals surface area (Å²) >= 11 is 0. The van der Waals surface area contributed by atoms with E-state index in [-0.39, 0.29) is 17.8 Å². The molecule has 0 saturated heterocycles. The Kier molecular flexibility index (Phi) is 5.49. The average molecular weight is 237 g/mol. The average Bonchev–Trinajstić information content (AvgIpc) is 2.27. The van der Waals surface area contributed by atoms with Gasteiger partial charge in [-0.25, -0.2) is 0 Å². The first-order chi connectivity index (χ1) is 8.11. The van der Waals surface area contributed by atoms with Crippen LogP contribution >= 0.6 is 0 Å². The van der Waals surface area contributed by atoms with E-state index in [1.807, 2.05) is 6.07 Å². The van der Waals surface area contributed by atoms with E-state index in [0.717, 1.165) is 5.56 Å². The van der Waals surface area contributed by atoms with Gasteiger partial charge in [-0.2, -0.15) is 0 Å². The van der Waals surface area contributed by atoms with E-state index in [2.05, 4.69) is 0 Å². The van der Waals surface area contributed by atoms with Gasteiger partial charge in [-0.1, -0.05) is 12.1 Å². The van der Waals surface area contributed by atoms with Crippen LogP contribution in [-0.4, -0.2) is 23.7 Å². The molecule has 0 spiro atoms. The molecule has 1 unspecified atom stereocenters. The normalized spacial score (nSPS) is 12.1. The van der Waals surface area contributed by atoms with Gasteiger partial charge in [-0.15, -0.1) is 0 Å². The predicted molar refractivity (Wildman–Crippen MR) is 65.7 cm³/mol. The van der Waals surface area contributed by atoms with Gasteiger partial charge in [0.05, 0.1) is 6.61 Å². The molecule has 0 bridgehead atoms. The van der Waals surface area contributed by atoms with Crippen LogP contribution < -0.4 is 5.73 Å². The van der Waals surface area contributed by atoms with Crippen LogP contribution in [0.1, 0.15) is 25.3 Å². The Hall–Kier alpha value is -1.55. The first-order valence-corrected chi connectivity index (χ1v) is 5.81. The zero-order valence-electron chi connectivity index (χ0n) is 10.1. The lowest BCUT2D eigenvalue weighted by Crippen LogP contribution is -2.24. The van der Waals surface area contributed by atoms with Crippen molar-refractivity contribution in [2.45, 2.75) is 32.2 Å². The number of hydrogen-bond donors (Lipinski definition) is 2. The fourth-order valence-corrected chi connectivity index (χ4v) is 1.62. The molecule has 17 heavy (non-hydrogen) atoms. The number of carbonyl (C=O) groups excluding carboxylic acids is 1. The van der Waals surface area contributed by atoms with Crippen molar-refractivity contribution >= 4 is 5.97 Å². The van der Waals surface area contributed by atoms with Gasteiger partial charge in [-0.3, -0.25) is 4.79 Å². The van der Waals surface area contributed by atoms with Crippen molar-refractivity contribution in [2.24, 2.45) is 5.73 Å². The third-order valence-electron chi connectivity index (χ3n) is 2.43. The Morgan fingerprint density at radius 2 is 2.29 bits per heavy atom. The second-order valence-electron chi connectivity index (χ2n) is 3.98. The minimum atomic E-state index is -0.209. The number of nitrogens with two attached hydrogens (primary N) is 1. The molecule has 1 aromatic rings. The molecule has 1 aromatic carbocycles. The Balaban J connectivity index is 2.34. The molecule has 0 aliphatic rings. The molecule has 4 heteroatoms. The number of ether oxygens (including phenoxy) is 1. The number of hydrogen-bond acceptors (Lipinski definition) is 4. The first kappa shape index (κ1) is 13.5. The summed E-state index contributed by atoms with van der Waals surface area (Å²) in [5.41, 5.74) is 6.88. The minimum Gasteiger partial charge on any atom is -0.508 e. The minimum absolute atomic E-state index is 0.0961. The van der Waals surface area contributed by atoms with Crippen LogP contribution in [0, 0.1) is 0 Å². The van der Waals surface area contributed by atoms with Crippen molar-refractivity contribution in [2.75, 3.05) is 6.61 Å². The summed E-state index contributed by atoms with van der Waals surface area (Å²) < 4.78 is 4.83. The summed E-state index contributed by atoms with van der Waals surface area (Å²) in [5.74, 6) is 0.0268. The van der Waals surface area contributed by atoms with Crippen molar-refractivity contribution in [3.8, 4) is 5.75 Å². The van der Waals surface area contributed by atoms with Gasteiger partial charge < -0.3 is 15.6 Å². The quantitative estimate of drug-likeness (QED) is 0.737. The highest BCUT2D eigenvalue weighted by Gasteiger charge is 2.08. The van der Waals surface area contributed by atoms with Crippen LogP contribution in [0.25, 0.3) is 0 Å². The number of phenolic OH excluding ortho intramolecular Hbond substituents is 1. The van der Waals surface area contributed by atoms with E-state index in [1.165, 1.54) is 0 Å². The number of aromatic hydroxyl groups is 1. The zero-order valence-corrected chi connectivity index (χ0v) is 10.1. The molecule has 0 radical (unpaired) electrons. The molecule has 0 aromatic heterocycles. The molecular formula is C13H19NO3. The highest BCUT2D eigenvalue weighted by molar-refractivity contribution is 5.69. The SMILES string of the molecule is CCOC(=O)CCC(N)Cc1cccc(O)c1. The topological polar surface area (TPSA) is 72.5 Å². The zero-order chi connectivity index (χ0) is 12.7. The van der Waals surface area contributed by atoms with Gasteiger partial charge in [-0.05, 0) is 37.5 Å². The largest absolute Gasteiger partial charge is 0.508 e. The Morgan fingerprint density at radius 1 is 1.53 bits per heavy atom. The summed E-state index contributed by atoms with van der Waals surface area (Å²) in [6.45, 7) is 2.19. The van der Waals surface area contributed by atoms with Crippen molar-refractivity contribution in [3.63, 3.8) is 0 Å². The summed E-state index contributed by atoms with van der Waals surface area (Å²) in [6.07, 6.45) is 1.58. The van der Waals surface area contributed by atoms with Crippen molar-refractivity contribution in [1.29, 1.82) is 0 Å². The maximum atomic E-state index is 11.1. The summed E-state index contributed by atoms with van der Waals surface area (Å²) in [5, 5.41) is 9.30. The van der Waals surface area contributed by atoms with E-state index in [0.29, 0.717) is 25.9 Å². The highest BCUT2D eigenvalue weighted by Crippen LogP contribution is 2.13. The van der Waals surface area contributed by atoms with Crippen LogP contribution in [0.5, 0.6) is 5.75 Å². The fraction of sp³-hybridized carbons (Fsp3) is 0.462. The molecule has 4 nitrogen and oxygen atoms in total. The van der Waals surface area contributed by atoms with E-state index in [4.69, 9.17) is 10.5 Å². The van der Waals surface area contributed by atoms with Crippen molar-refractivity contribution in [1.82, 2.24) is 0 Å². The van der Waals surface area contributed by atoms with Crippen LogP contribution in [0.4, 0.5) is 0 Å². The summed E-state index contributed by atoms with van der Waals surface area (Å²) in [4.78, 5) is 11.1. The molecule has 3 N–H and O–H groups in total. The predicted octanol–water partition coefficient (Wildman–Crippen LogP) is 1.61. The molecule has 94 valence electrons. The van der Waals surface area contributed by atoms with E-state index >= 15 is 0 Å². The van der Waals surface area contributed by atoms with Gasteiger partial charge in [0.15, 0.2) is 0 Å². The van der Waals surface area contributed by atoms with E-state index in [1.54, 1.807) is 25.1 Å². The smallest absolute Gasteiger partial charge is 0.305 e. The third kappa shape index (κ3) is 5.36. The van der Waals surface area contributed by atoms with Gasteiger partial charge in [0.2, 0.25) is 0 Å². The Bertz CT molecular complexity index is 365. The molecular weight excluding hydrogens is 218 g/mol. The number of rotatable bonds is 6. The monoisotopic (exact) mass is 237 g/mol. The molecule has 0 amide bonds. The molecule has 1 atom stereocenters. The van der Waals surface area contributed by atoms with Crippen LogP contribution in [0.15, 0.2) is 24.3 Å².